The molecule has 1 saturated heterocycles. The molecule has 1 aromatic carbocycles. The molecule has 0 spiro atoms. The van der Waals surface area contributed by atoms with Gasteiger partial charge in [0, 0.05) is 13.1 Å². The molecule has 0 saturated carbocycles. The highest BCUT2D eigenvalue weighted by molar-refractivity contribution is 7.07. The van der Waals surface area contributed by atoms with Crippen molar-refractivity contribution < 1.29 is 9.53 Å². The first kappa shape index (κ1) is 16.5. The van der Waals surface area contributed by atoms with E-state index in [-0.39, 0.29) is 18.2 Å². The van der Waals surface area contributed by atoms with Crippen LogP contribution in [0, 0.1) is 11.3 Å². The molecule has 1 aliphatic heterocycles. The lowest BCUT2D eigenvalue weighted by Gasteiger charge is -2.36. The summed E-state index contributed by atoms with van der Waals surface area (Å²) in [5.41, 5.74) is 2.63. The predicted molar refractivity (Wildman–Crippen MR) is 92.6 cm³/mol. The van der Waals surface area contributed by atoms with Crippen LogP contribution in [0.25, 0.3) is 0 Å². The Kier molecular flexibility index (Phi) is 5.14. The maximum absolute atomic E-state index is 12.5. The van der Waals surface area contributed by atoms with Crippen molar-refractivity contribution in [2.45, 2.75) is 25.7 Å². The van der Waals surface area contributed by atoms with Crippen molar-refractivity contribution in [3.8, 4) is 6.07 Å². The van der Waals surface area contributed by atoms with E-state index in [4.69, 9.17) is 10.00 Å². The van der Waals surface area contributed by atoms with Gasteiger partial charge in [0.1, 0.15) is 6.10 Å². The van der Waals surface area contributed by atoms with Gasteiger partial charge in [-0.1, -0.05) is 12.1 Å². The second kappa shape index (κ2) is 7.47. The highest BCUT2D eigenvalue weighted by atomic mass is 32.1. The fraction of sp³-hybridized carbons (Fsp3) is 0.333. The molecule has 1 aromatic heterocycles. The third kappa shape index (κ3) is 3.94. The Balaban J connectivity index is 1.60. The van der Waals surface area contributed by atoms with E-state index in [0.717, 1.165) is 11.1 Å². The normalized spacial score (nSPS) is 20.4. The van der Waals surface area contributed by atoms with Gasteiger partial charge in [-0.2, -0.15) is 16.6 Å². The van der Waals surface area contributed by atoms with Crippen molar-refractivity contribution in [2.75, 3.05) is 13.1 Å². The summed E-state index contributed by atoms with van der Waals surface area (Å²) in [6, 6.07) is 11.3. The Morgan fingerprint density at radius 1 is 1.46 bits per heavy atom. The van der Waals surface area contributed by atoms with Gasteiger partial charge in [-0.25, -0.2) is 4.79 Å². The van der Waals surface area contributed by atoms with Gasteiger partial charge in [0.15, 0.2) is 0 Å². The monoisotopic (exact) mass is 341 g/mol. The topological polar surface area (TPSA) is 65.4 Å². The molecular weight excluding hydrogens is 322 g/mol. The van der Waals surface area contributed by atoms with Crippen LogP contribution in [0.5, 0.6) is 0 Å². The molecular formula is C18H19N3O2S. The molecule has 2 atom stereocenters. The average molecular weight is 341 g/mol. The van der Waals surface area contributed by atoms with Crippen LogP contribution >= 0.6 is 11.3 Å². The minimum atomic E-state index is -0.104. The van der Waals surface area contributed by atoms with Crippen LogP contribution in [0.2, 0.25) is 0 Å². The highest BCUT2D eigenvalue weighted by Crippen LogP contribution is 2.26. The molecule has 0 bridgehead atoms. The SMILES string of the molecule is C[C@H]1CN(C(=O)NCc2cccc(C#N)c2)C[C@H](c2ccsc2)O1. The van der Waals surface area contributed by atoms with Gasteiger partial charge >= 0.3 is 6.03 Å². The summed E-state index contributed by atoms with van der Waals surface area (Å²) in [6.07, 6.45) is -0.0796. The summed E-state index contributed by atoms with van der Waals surface area (Å²) in [5.74, 6) is 0. The number of carbonyl (C=O) groups excluding carboxylic acids is 1. The van der Waals surface area contributed by atoms with Crippen molar-refractivity contribution in [3.63, 3.8) is 0 Å². The van der Waals surface area contributed by atoms with Crippen molar-refractivity contribution in [3.05, 3.63) is 57.8 Å². The van der Waals surface area contributed by atoms with Crippen LogP contribution < -0.4 is 5.32 Å². The predicted octanol–water partition coefficient (Wildman–Crippen LogP) is 3.29. The zero-order valence-electron chi connectivity index (χ0n) is 13.4. The van der Waals surface area contributed by atoms with E-state index >= 15 is 0 Å². The molecule has 1 aliphatic rings. The summed E-state index contributed by atoms with van der Waals surface area (Å²) in [4.78, 5) is 14.3. The molecule has 6 heteroatoms. The number of hydrogen-bond donors (Lipinski definition) is 1. The van der Waals surface area contributed by atoms with Gasteiger partial charge in [-0.05, 0) is 47.0 Å². The van der Waals surface area contributed by atoms with Crippen molar-refractivity contribution in [2.24, 2.45) is 0 Å². The number of rotatable bonds is 3. The zero-order valence-corrected chi connectivity index (χ0v) is 14.3. The number of urea groups is 1. The Hall–Kier alpha value is -2.36. The average Bonchev–Trinajstić information content (AvgIpc) is 3.14. The second-order valence-corrected chi connectivity index (χ2v) is 6.65. The Morgan fingerprint density at radius 3 is 3.08 bits per heavy atom. The number of nitriles is 1. The molecule has 2 aromatic rings. The van der Waals surface area contributed by atoms with E-state index in [1.54, 1.807) is 28.4 Å². The number of benzene rings is 1. The molecule has 124 valence electrons. The summed E-state index contributed by atoms with van der Waals surface area (Å²) in [6.45, 7) is 3.51. The van der Waals surface area contributed by atoms with Crippen LogP contribution in [-0.4, -0.2) is 30.1 Å². The van der Waals surface area contributed by atoms with E-state index in [0.29, 0.717) is 25.2 Å². The summed E-state index contributed by atoms with van der Waals surface area (Å²) in [7, 11) is 0. The number of carbonyl (C=O) groups is 1. The highest BCUT2D eigenvalue weighted by Gasteiger charge is 2.29. The molecule has 0 unspecified atom stereocenters. The molecule has 3 rings (SSSR count). The van der Waals surface area contributed by atoms with Crippen LogP contribution in [0.1, 0.15) is 29.7 Å². The van der Waals surface area contributed by atoms with Gasteiger partial charge in [-0.15, -0.1) is 0 Å². The van der Waals surface area contributed by atoms with Gasteiger partial charge < -0.3 is 15.0 Å². The fourth-order valence-electron chi connectivity index (χ4n) is 2.80. The number of amides is 2. The summed E-state index contributed by atoms with van der Waals surface area (Å²) < 4.78 is 5.95. The number of ether oxygens (including phenoxy) is 1. The lowest BCUT2D eigenvalue weighted by Crippen LogP contribution is -2.49. The number of hydrogen-bond acceptors (Lipinski definition) is 4. The van der Waals surface area contributed by atoms with E-state index in [2.05, 4.69) is 16.8 Å². The number of nitrogens with zero attached hydrogens (tertiary/aromatic N) is 2. The largest absolute Gasteiger partial charge is 0.367 e. The first-order valence-electron chi connectivity index (χ1n) is 7.85. The van der Waals surface area contributed by atoms with Crippen molar-refractivity contribution >= 4 is 17.4 Å². The van der Waals surface area contributed by atoms with Crippen LogP contribution in [0.4, 0.5) is 4.79 Å². The van der Waals surface area contributed by atoms with Crippen molar-refractivity contribution in [1.82, 2.24) is 10.2 Å². The van der Waals surface area contributed by atoms with Crippen molar-refractivity contribution in [1.29, 1.82) is 5.26 Å². The number of thiophene rings is 1. The number of nitrogens with one attached hydrogen (secondary N) is 1. The van der Waals surface area contributed by atoms with E-state index < -0.39 is 0 Å². The molecule has 1 N–H and O–H groups in total. The smallest absolute Gasteiger partial charge is 0.317 e. The Labute approximate surface area is 145 Å². The molecule has 1 fully saturated rings. The standard InChI is InChI=1S/C18H19N3O2S/c1-13-10-21(11-17(23-13)16-5-6-24-12-16)18(22)20-9-15-4-2-3-14(7-15)8-19/h2-7,12-13,17H,9-11H2,1H3,(H,20,22)/t13-,17+/m0/s1. The van der Waals surface area contributed by atoms with Gasteiger partial charge in [-0.3, -0.25) is 0 Å². The van der Waals surface area contributed by atoms with Gasteiger partial charge in [0.2, 0.25) is 0 Å². The first-order valence-corrected chi connectivity index (χ1v) is 8.79. The molecule has 2 heterocycles. The molecule has 24 heavy (non-hydrogen) atoms. The fourth-order valence-corrected chi connectivity index (χ4v) is 3.50. The molecule has 2 amide bonds. The summed E-state index contributed by atoms with van der Waals surface area (Å²) in [5, 5.41) is 15.9. The maximum atomic E-state index is 12.5. The zero-order chi connectivity index (χ0) is 16.9. The van der Waals surface area contributed by atoms with Gasteiger partial charge in [0.05, 0.1) is 24.3 Å². The van der Waals surface area contributed by atoms with E-state index in [9.17, 15) is 4.79 Å². The minimum absolute atomic E-state index is 0.00341. The summed E-state index contributed by atoms with van der Waals surface area (Å²) >= 11 is 1.63. The molecule has 0 radical (unpaired) electrons. The number of morpholine rings is 1. The van der Waals surface area contributed by atoms with Gasteiger partial charge in [0.25, 0.3) is 0 Å². The van der Waals surface area contributed by atoms with Crippen LogP contribution in [0.3, 0.4) is 0 Å². The maximum Gasteiger partial charge on any atom is 0.317 e. The van der Waals surface area contributed by atoms with E-state index in [1.165, 1.54) is 0 Å². The van der Waals surface area contributed by atoms with Crippen LogP contribution in [0.15, 0.2) is 41.1 Å². The molecule has 0 aliphatic carbocycles. The first-order chi connectivity index (χ1) is 11.7. The van der Waals surface area contributed by atoms with E-state index in [1.807, 2.05) is 30.5 Å². The third-order valence-electron chi connectivity index (χ3n) is 3.96. The Morgan fingerprint density at radius 2 is 2.33 bits per heavy atom. The second-order valence-electron chi connectivity index (χ2n) is 5.87. The third-order valence-corrected chi connectivity index (χ3v) is 4.66. The lowest BCUT2D eigenvalue weighted by molar-refractivity contribution is -0.0655. The van der Waals surface area contributed by atoms with Crippen LogP contribution in [-0.2, 0) is 11.3 Å². The minimum Gasteiger partial charge on any atom is -0.367 e. The molecule has 5 nitrogen and oxygen atoms in total. The lowest BCUT2D eigenvalue weighted by atomic mass is 10.1. The quantitative estimate of drug-likeness (QED) is 0.931. The Bertz CT molecular complexity index is 739.